The number of nitrogens with zero attached hydrogens (tertiary/aromatic N) is 2. The molecule has 1 fully saturated rings. The molecule has 6 heteroatoms. The van der Waals surface area contributed by atoms with Crippen LogP contribution in [0.3, 0.4) is 0 Å². The van der Waals surface area contributed by atoms with Crippen LogP contribution in [0.15, 0.2) is 0 Å². The Hall–Kier alpha value is -1.56. The Labute approximate surface area is 120 Å². The van der Waals surface area contributed by atoms with E-state index in [4.69, 9.17) is 15.2 Å². The number of methoxy groups -OCH3 is 1. The Morgan fingerprint density at radius 3 is 2.85 bits per heavy atom. The van der Waals surface area contributed by atoms with Gasteiger partial charge in [0.25, 0.3) is 0 Å². The molecule has 0 bridgehead atoms. The number of nitrogens with two attached hydrogens (primary N) is 1. The first-order chi connectivity index (χ1) is 9.61. The summed E-state index contributed by atoms with van der Waals surface area (Å²) in [5, 5.41) is 3.27. The molecule has 0 radical (unpaired) electrons. The van der Waals surface area contributed by atoms with E-state index in [2.05, 4.69) is 29.1 Å². The summed E-state index contributed by atoms with van der Waals surface area (Å²) in [6.07, 6.45) is 2.99. The van der Waals surface area contributed by atoms with Crippen molar-refractivity contribution in [2.45, 2.75) is 39.2 Å². The van der Waals surface area contributed by atoms with Crippen molar-refractivity contribution in [2.24, 2.45) is 5.92 Å². The minimum atomic E-state index is -0.0462. The van der Waals surface area contributed by atoms with Gasteiger partial charge in [-0.05, 0) is 25.2 Å². The van der Waals surface area contributed by atoms with E-state index in [0.29, 0.717) is 29.1 Å². The van der Waals surface area contributed by atoms with Gasteiger partial charge in [0.1, 0.15) is 11.8 Å². The topological polar surface area (TPSA) is 82.3 Å². The van der Waals surface area contributed by atoms with E-state index in [1.807, 2.05) is 0 Å². The minimum absolute atomic E-state index is 0.0462. The Morgan fingerprint density at radius 2 is 2.25 bits per heavy atom. The molecule has 6 nitrogen and oxygen atoms in total. The van der Waals surface area contributed by atoms with Crippen LogP contribution >= 0.6 is 0 Å². The van der Waals surface area contributed by atoms with E-state index in [0.717, 1.165) is 32.4 Å². The fourth-order valence-corrected chi connectivity index (χ4v) is 2.16. The maximum atomic E-state index is 6.02. The monoisotopic (exact) mass is 280 g/mol. The molecule has 1 aliphatic rings. The second-order valence-corrected chi connectivity index (χ2v) is 5.46. The second-order valence-electron chi connectivity index (χ2n) is 5.46. The molecule has 0 spiro atoms. The molecule has 112 valence electrons. The molecule has 1 atom stereocenters. The molecule has 0 saturated carbocycles. The van der Waals surface area contributed by atoms with Crippen LogP contribution in [0.2, 0.25) is 0 Å². The van der Waals surface area contributed by atoms with Crippen LogP contribution in [-0.4, -0.2) is 30.2 Å². The van der Waals surface area contributed by atoms with Crippen LogP contribution in [0.1, 0.15) is 45.0 Å². The lowest BCUT2D eigenvalue weighted by Crippen LogP contribution is -2.13. The predicted molar refractivity (Wildman–Crippen MR) is 78.9 cm³/mol. The molecular formula is C14H24N4O2. The smallest absolute Gasteiger partial charge is 0.242 e. The summed E-state index contributed by atoms with van der Waals surface area (Å²) < 4.78 is 10.9. The summed E-state index contributed by atoms with van der Waals surface area (Å²) in [5.74, 6) is 2.34. The summed E-state index contributed by atoms with van der Waals surface area (Å²) in [5.41, 5.74) is 6.48. The average molecular weight is 280 g/mol. The molecule has 1 unspecified atom stereocenters. The van der Waals surface area contributed by atoms with Crippen molar-refractivity contribution in [2.75, 3.05) is 31.3 Å². The fraction of sp³-hybridized carbons (Fsp3) is 0.714. The van der Waals surface area contributed by atoms with Crippen LogP contribution in [-0.2, 0) is 4.74 Å². The number of anilines is 2. The highest BCUT2D eigenvalue weighted by molar-refractivity contribution is 5.67. The lowest BCUT2D eigenvalue weighted by molar-refractivity contribution is 0.104. The van der Waals surface area contributed by atoms with Gasteiger partial charge in [0.15, 0.2) is 11.6 Å². The Bertz CT molecular complexity index is 445. The average Bonchev–Trinajstić information content (AvgIpc) is 2.94. The van der Waals surface area contributed by atoms with E-state index in [1.54, 1.807) is 7.11 Å². The van der Waals surface area contributed by atoms with Gasteiger partial charge < -0.3 is 20.5 Å². The van der Waals surface area contributed by atoms with Gasteiger partial charge >= 0.3 is 0 Å². The first-order valence-electron chi connectivity index (χ1n) is 7.18. The Kier molecular flexibility index (Phi) is 5.00. The zero-order valence-electron chi connectivity index (χ0n) is 12.5. The van der Waals surface area contributed by atoms with Gasteiger partial charge in [-0.2, -0.15) is 4.98 Å². The highest BCUT2D eigenvalue weighted by Gasteiger charge is 2.23. The molecular weight excluding hydrogens is 256 g/mol. The Balaban J connectivity index is 2.17. The number of aromatic nitrogens is 2. The maximum absolute atomic E-state index is 6.02. The molecule has 0 aromatic carbocycles. The highest BCUT2D eigenvalue weighted by atomic mass is 16.5. The third kappa shape index (κ3) is 3.50. The van der Waals surface area contributed by atoms with Gasteiger partial charge in [-0.25, -0.2) is 4.98 Å². The van der Waals surface area contributed by atoms with Gasteiger partial charge in [0.05, 0.1) is 7.11 Å². The third-order valence-corrected chi connectivity index (χ3v) is 3.35. The van der Waals surface area contributed by atoms with Gasteiger partial charge in [-0.1, -0.05) is 13.8 Å². The summed E-state index contributed by atoms with van der Waals surface area (Å²) >= 11 is 0. The van der Waals surface area contributed by atoms with Crippen molar-refractivity contribution in [3.8, 4) is 5.88 Å². The SMILES string of the molecule is COc1nc(C2CCCO2)nc(NCCC(C)C)c1N. The van der Waals surface area contributed by atoms with Crippen molar-refractivity contribution in [3.63, 3.8) is 0 Å². The number of hydrogen-bond donors (Lipinski definition) is 2. The van der Waals surface area contributed by atoms with E-state index in [1.165, 1.54) is 0 Å². The summed E-state index contributed by atoms with van der Waals surface area (Å²) in [6, 6.07) is 0. The minimum Gasteiger partial charge on any atom is -0.479 e. The van der Waals surface area contributed by atoms with Crippen LogP contribution in [0.5, 0.6) is 5.88 Å². The van der Waals surface area contributed by atoms with Crippen LogP contribution in [0, 0.1) is 5.92 Å². The lowest BCUT2D eigenvalue weighted by atomic mass is 10.1. The first-order valence-corrected chi connectivity index (χ1v) is 7.18. The summed E-state index contributed by atoms with van der Waals surface area (Å²) in [7, 11) is 1.57. The highest BCUT2D eigenvalue weighted by Crippen LogP contribution is 2.32. The molecule has 0 amide bonds. The summed E-state index contributed by atoms with van der Waals surface area (Å²) in [4.78, 5) is 8.86. The quantitative estimate of drug-likeness (QED) is 0.832. The van der Waals surface area contributed by atoms with Gasteiger partial charge in [-0.3, -0.25) is 0 Å². The number of nitrogens with one attached hydrogen (secondary N) is 1. The zero-order valence-corrected chi connectivity index (χ0v) is 12.5. The maximum Gasteiger partial charge on any atom is 0.242 e. The van der Waals surface area contributed by atoms with Crippen LogP contribution in [0.4, 0.5) is 11.5 Å². The van der Waals surface area contributed by atoms with Gasteiger partial charge in [-0.15, -0.1) is 0 Å². The van der Waals surface area contributed by atoms with Crippen molar-refractivity contribution in [1.82, 2.24) is 9.97 Å². The molecule has 1 aromatic rings. The molecule has 1 aliphatic heterocycles. The largest absolute Gasteiger partial charge is 0.479 e. The van der Waals surface area contributed by atoms with Gasteiger partial charge in [0, 0.05) is 13.2 Å². The Morgan fingerprint density at radius 1 is 1.45 bits per heavy atom. The molecule has 3 N–H and O–H groups in total. The van der Waals surface area contributed by atoms with Gasteiger partial charge in [0.2, 0.25) is 5.88 Å². The molecule has 2 heterocycles. The fourth-order valence-electron chi connectivity index (χ4n) is 2.16. The van der Waals surface area contributed by atoms with E-state index < -0.39 is 0 Å². The molecule has 2 rings (SSSR count). The number of nitrogen functional groups attached to an aromatic ring is 1. The van der Waals surface area contributed by atoms with Crippen LogP contribution in [0.25, 0.3) is 0 Å². The molecule has 1 aromatic heterocycles. The number of ether oxygens (including phenoxy) is 2. The van der Waals surface area contributed by atoms with Crippen molar-refractivity contribution >= 4 is 11.5 Å². The van der Waals surface area contributed by atoms with Crippen LogP contribution < -0.4 is 15.8 Å². The van der Waals surface area contributed by atoms with E-state index in [9.17, 15) is 0 Å². The molecule has 0 aliphatic carbocycles. The summed E-state index contributed by atoms with van der Waals surface area (Å²) in [6.45, 7) is 5.95. The lowest BCUT2D eigenvalue weighted by Gasteiger charge is -2.15. The van der Waals surface area contributed by atoms with Crippen molar-refractivity contribution in [3.05, 3.63) is 5.82 Å². The van der Waals surface area contributed by atoms with E-state index >= 15 is 0 Å². The van der Waals surface area contributed by atoms with Crippen molar-refractivity contribution < 1.29 is 9.47 Å². The predicted octanol–water partition coefficient (Wildman–Crippen LogP) is 2.38. The standard InChI is InChI=1S/C14H24N4O2/c1-9(2)6-7-16-13-11(15)14(19-3)18-12(17-13)10-5-4-8-20-10/h9-10H,4-8,15H2,1-3H3,(H,16,17,18). The van der Waals surface area contributed by atoms with Crippen molar-refractivity contribution in [1.29, 1.82) is 0 Å². The first kappa shape index (κ1) is 14.8. The second kappa shape index (κ2) is 6.74. The number of rotatable bonds is 6. The molecule has 1 saturated heterocycles. The van der Waals surface area contributed by atoms with E-state index in [-0.39, 0.29) is 6.10 Å². The number of hydrogen-bond acceptors (Lipinski definition) is 6. The normalized spacial score (nSPS) is 18.5. The zero-order chi connectivity index (χ0) is 14.5. The molecule has 20 heavy (non-hydrogen) atoms. The third-order valence-electron chi connectivity index (χ3n) is 3.35.